The quantitative estimate of drug-likeness (QED) is 0.512. The van der Waals surface area contributed by atoms with Gasteiger partial charge in [0.25, 0.3) is 0 Å². The molecule has 1 fully saturated rings. The van der Waals surface area contributed by atoms with E-state index < -0.39 is 0 Å². The zero-order valence-electron chi connectivity index (χ0n) is 19.8. The van der Waals surface area contributed by atoms with E-state index in [1.54, 1.807) is 19.1 Å². The maximum atomic E-state index is 12.8. The number of methoxy groups -OCH3 is 1. The molecule has 0 unspecified atom stereocenters. The second-order valence-corrected chi connectivity index (χ2v) is 8.31. The monoisotopic (exact) mass is 454 g/mol. The number of likely N-dealkylation sites (N-methyl/N-ethyl adjacent to an activating group) is 1. The summed E-state index contributed by atoms with van der Waals surface area (Å²) in [7, 11) is 3.42. The van der Waals surface area contributed by atoms with E-state index >= 15 is 0 Å². The summed E-state index contributed by atoms with van der Waals surface area (Å²) in [6.07, 6.45) is 1.47. The van der Waals surface area contributed by atoms with Gasteiger partial charge in [0.1, 0.15) is 6.61 Å². The van der Waals surface area contributed by atoms with Crippen LogP contribution < -0.4 is 9.47 Å². The summed E-state index contributed by atoms with van der Waals surface area (Å²) < 4.78 is 16.5. The Morgan fingerprint density at radius 2 is 1.76 bits per heavy atom. The lowest BCUT2D eigenvalue weighted by atomic mass is 9.97. The van der Waals surface area contributed by atoms with Crippen molar-refractivity contribution in [2.75, 3.05) is 40.4 Å². The summed E-state index contributed by atoms with van der Waals surface area (Å²) in [6, 6.07) is 15.7. The molecule has 7 nitrogen and oxygen atoms in total. The molecule has 1 aliphatic heterocycles. The number of amides is 1. The van der Waals surface area contributed by atoms with Crippen molar-refractivity contribution in [3.8, 4) is 11.5 Å². The number of hydrogen-bond acceptors (Lipinski definition) is 6. The first-order valence-electron chi connectivity index (χ1n) is 11.5. The van der Waals surface area contributed by atoms with E-state index in [1.807, 2.05) is 55.5 Å². The first-order valence-corrected chi connectivity index (χ1v) is 11.5. The maximum absolute atomic E-state index is 12.8. The zero-order chi connectivity index (χ0) is 23.6. The van der Waals surface area contributed by atoms with Gasteiger partial charge in [-0.05, 0) is 56.1 Å². The lowest BCUT2D eigenvalue weighted by Crippen LogP contribution is -2.43. The summed E-state index contributed by atoms with van der Waals surface area (Å²) in [4.78, 5) is 28.5. The van der Waals surface area contributed by atoms with E-state index in [9.17, 15) is 9.59 Å². The number of carbonyl (C=O) groups excluding carboxylic acids is 2. The molecule has 1 heterocycles. The van der Waals surface area contributed by atoms with Crippen LogP contribution in [0.25, 0.3) is 0 Å². The number of hydrogen-bond donors (Lipinski definition) is 0. The highest BCUT2D eigenvalue weighted by Crippen LogP contribution is 2.29. The van der Waals surface area contributed by atoms with E-state index in [-0.39, 0.29) is 17.8 Å². The third-order valence-corrected chi connectivity index (χ3v) is 5.88. The molecule has 0 atom stereocenters. The standard InChI is InChI=1S/C26H34N2O5/c1-4-32-26(30)22-12-14-28(15-13-22)18-25(29)27(2)17-21-10-11-23(24(16-21)31-3)33-19-20-8-6-5-7-9-20/h5-11,16,22H,4,12-15,17-19H2,1-3H3. The molecule has 1 amide bonds. The fourth-order valence-electron chi connectivity index (χ4n) is 3.93. The van der Waals surface area contributed by atoms with Gasteiger partial charge >= 0.3 is 5.97 Å². The second-order valence-electron chi connectivity index (χ2n) is 8.31. The number of rotatable bonds is 10. The summed E-state index contributed by atoms with van der Waals surface area (Å²) in [5.74, 6) is 1.19. The van der Waals surface area contributed by atoms with Crippen molar-refractivity contribution in [3.63, 3.8) is 0 Å². The van der Waals surface area contributed by atoms with Crippen LogP contribution in [0.3, 0.4) is 0 Å². The van der Waals surface area contributed by atoms with Crippen LogP contribution in [-0.4, -0.2) is 62.1 Å². The number of piperidine rings is 1. The van der Waals surface area contributed by atoms with Crippen molar-refractivity contribution in [3.05, 3.63) is 59.7 Å². The number of nitrogens with zero attached hydrogens (tertiary/aromatic N) is 2. The Morgan fingerprint density at radius 3 is 2.42 bits per heavy atom. The minimum atomic E-state index is -0.120. The van der Waals surface area contributed by atoms with Crippen LogP contribution >= 0.6 is 0 Å². The third-order valence-electron chi connectivity index (χ3n) is 5.88. The maximum Gasteiger partial charge on any atom is 0.309 e. The molecule has 0 spiro atoms. The fourth-order valence-corrected chi connectivity index (χ4v) is 3.93. The van der Waals surface area contributed by atoms with Crippen LogP contribution in [0.1, 0.15) is 30.9 Å². The molecule has 2 aromatic rings. The second kappa shape index (κ2) is 12.3. The van der Waals surface area contributed by atoms with Gasteiger partial charge in [-0.25, -0.2) is 0 Å². The molecule has 0 radical (unpaired) electrons. The van der Waals surface area contributed by atoms with Crippen molar-refractivity contribution in [1.82, 2.24) is 9.80 Å². The van der Waals surface area contributed by atoms with Crippen LogP contribution in [0.2, 0.25) is 0 Å². The normalized spacial score (nSPS) is 14.5. The van der Waals surface area contributed by atoms with E-state index in [4.69, 9.17) is 14.2 Å². The molecule has 0 aromatic heterocycles. The van der Waals surface area contributed by atoms with Crippen LogP contribution in [-0.2, 0) is 27.5 Å². The van der Waals surface area contributed by atoms with Crippen LogP contribution in [0.15, 0.2) is 48.5 Å². The molecule has 0 aliphatic carbocycles. The Bertz CT molecular complexity index is 910. The van der Waals surface area contributed by atoms with Crippen LogP contribution in [0.5, 0.6) is 11.5 Å². The average Bonchev–Trinajstić information content (AvgIpc) is 2.84. The first kappa shape index (κ1) is 24.6. The number of likely N-dealkylation sites (tertiary alicyclic amines) is 1. The van der Waals surface area contributed by atoms with E-state index in [2.05, 4.69) is 4.90 Å². The van der Waals surface area contributed by atoms with Crippen molar-refractivity contribution in [2.45, 2.75) is 32.9 Å². The highest BCUT2D eigenvalue weighted by atomic mass is 16.5. The number of carbonyl (C=O) groups is 2. The van der Waals surface area contributed by atoms with E-state index in [0.29, 0.717) is 37.8 Å². The smallest absolute Gasteiger partial charge is 0.309 e. The van der Waals surface area contributed by atoms with Crippen molar-refractivity contribution >= 4 is 11.9 Å². The Labute approximate surface area is 196 Å². The van der Waals surface area contributed by atoms with E-state index in [1.165, 1.54) is 0 Å². The molecule has 7 heteroatoms. The molecule has 2 aromatic carbocycles. The van der Waals surface area contributed by atoms with Gasteiger partial charge in [0, 0.05) is 13.6 Å². The van der Waals surface area contributed by atoms with Gasteiger partial charge < -0.3 is 19.1 Å². The number of esters is 1. The molecule has 33 heavy (non-hydrogen) atoms. The minimum absolute atomic E-state index is 0.0490. The van der Waals surface area contributed by atoms with Crippen molar-refractivity contribution < 1.29 is 23.8 Å². The van der Waals surface area contributed by atoms with Crippen molar-refractivity contribution in [1.29, 1.82) is 0 Å². The predicted octanol–water partition coefficient (Wildman–Crippen LogP) is 3.51. The van der Waals surface area contributed by atoms with Gasteiger partial charge in [0.2, 0.25) is 5.91 Å². The largest absolute Gasteiger partial charge is 0.493 e. The van der Waals surface area contributed by atoms with Gasteiger partial charge in [-0.3, -0.25) is 14.5 Å². The lowest BCUT2D eigenvalue weighted by molar-refractivity contribution is -0.149. The summed E-state index contributed by atoms with van der Waals surface area (Å²) >= 11 is 0. The lowest BCUT2D eigenvalue weighted by Gasteiger charge is -2.31. The average molecular weight is 455 g/mol. The Hall–Kier alpha value is -3.06. The predicted molar refractivity (Wildman–Crippen MR) is 126 cm³/mol. The molecular weight excluding hydrogens is 420 g/mol. The Morgan fingerprint density at radius 1 is 1.03 bits per heavy atom. The summed E-state index contributed by atoms with van der Waals surface area (Å²) in [5, 5.41) is 0. The molecule has 1 aliphatic rings. The van der Waals surface area contributed by atoms with E-state index in [0.717, 1.165) is 37.1 Å². The van der Waals surface area contributed by atoms with Gasteiger partial charge in [0.05, 0.1) is 26.2 Å². The molecular formula is C26H34N2O5. The van der Waals surface area contributed by atoms with Gasteiger partial charge in [-0.2, -0.15) is 0 Å². The molecule has 0 saturated carbocycles. The zero-order valence-corrected chi connectivity index (χ0v) is 19.8. The van der Waals surface area contributed by atoms with Gasteiger partial charge in [0.15, 0.2) is 11.5 Å². The fraction of sp³-hybridized carbons (Fsp3) is 0.462. The Kier molecular flexibility index (Phi) is 9.13. The van der Waals surface area contributed by atoms with Gasteiger partial charge in [-0.1, -0.05) is 36.4 Å². The summed E-state index contributed by atoms with van der Waals surface area (Å²) in [5.41, 5.74) is 2.05. The van der Waals surface area contributed by atoms with Gasteiger partial charge in [-0.15, -0.1) is 0 Å². The Balaban J connectivity index is 1.49. The molecule has 3 rings (SSSR count). The SMILES string of the molecule is CCOC(=O)C1CCN(CC(=O)N(C)Cc2ccc(OCc3ccccc3)c(OC)c2)CC1. The van der Waals surface area contributed by atoms with Crippen LogP contribution in [0, 0.1) is 5.92 Å². The molecule has 1 saturated heterocycles. The number of ether oxygens (including phenoxy) is 3. The molecule has 178 valence electrons. The first-order chi connectivity index (χ1) is 16.0. The minimum Gasteiger partial charge on any atom is -0.493 e. The molecule has 0 bridgehead atoms. The number of benzene rings is 2. The topological polar surface area (TPSA) is 68.3 Å². The summed E-state index contributed by atoms with van der Waals surface area (Å²) in [6.45, 7) is 4.97. The molecule has 0 N–H and O–H groups in total. The highest BCUT2D eigenvalue weighted by Gasteiger charge is 2.27. The third kappa shape index (κ3) is 7.22. The highest BCUT2D eigenvalue weighted by molar-refractivity contribution is 5.78. The van der Waals surface area contributed by atoms with Crippen LogP contribution in [0.4, 0.5) is 0 Å². The van der Waals surface area contributed by atoms with Crippen molar-refractivity contribution in [2.24, 2.45) is 5.92 Å².